The summed E-state index contributed by atoms with van der Waals surface area (Å²) in [5, 5.41) is 11.5. The number of amides is 1. The van der Waals surface area contributed by atoms with E-state index in [0.717, 1.165) is 46.1 Å². The molecule has 1 spiro atoms. The first-order valence-corrected chi connectivity index (χ1v) is 13.9. The Morgan fingerprint density at radius 1 is 1.09 bits per heavy atom. The molecule has 1 N–H and O–H groups in total. The first-order valence-electron chi connectivity index (χ1n) is 12.0. The number of aromatic nitrogens is 2. The number of carbonyl (C=O) groups is 1. The number of piperidine rings is 1. The summed E-state index contributed by atoms with van der Waals surface area (Å²) in [7, 11) is -3.30. The van der Waals surface area contributed by atoms with Crippen LogP contribution in [0, 0.1) is 0 Å². The van der Waals surface area contributed by atoms with Crippen molar-refractivity contribution in [1.82, 2.24) is 14.3 Å². The summed E-state index contributed by atoms with van der Waals surface area (Å²) in [4.78, 5) is 24.9. The monoisotopic (exact) mass is 494 g/mol. The van der Waals surface area contributed by atoms with Gasteiger partial charge in [0.1, 0.15) is 0 Å². The first-order chi connectivity index (χ1) is 16.8. The molecule has 0 atom stereocenters. The number of nitrogens with zero attached hydrogens (tertiary/aromatic N) is 4. The molecule has 3 aromatic rings. The number of hydrogen-bond acceptors (Lipinski definition) is 6. The second kappa shape index (κ2) is 9.29. The first kappa shape index (κ1) is 23.8. The van der Waals surface area contributed by atoms with Gasteiger partial charge in [-0.25, -0.2) is 12.7 Å². The molecule has 1 fully saturated rings. The van der Waals surface area contributed by atoms with Crippen molar-refractivity contribution in [3.63, 3.8) is 0 Å². The Bertz CT molecular complexity index is 1370. The lowest BCUT2D eigenvalue weighted by molar-refractivity contribution is -0.124. The molecule has 8 nitrogen and oxygen atoms in total. The number of benzene rings is 1. The van der Waals surface area contributed by atoms with Gasteiger partial charge in [0.2, 0.25) is 15.9 Å². The van der Waals surface area contributed by atoms with Crippen molar-refractivity contribution in [2.75, 3.05) is 30.9 Å². The Balaban J connectivity index is 1.51. The van der Waals surface area contributed by atoms with E-state index in [1.165, 1.54) is 10.6 Å². The van der Waals surface area contributed by atoms with E-state index < -0.39 is 15.4 Å². The van der Waals surface area contributed by atoms with Gasteiger partial charge in [-0.05, 0) is 54.7 Å². The Kier molecular flexibility index (Phi) is 6.33. The Morgan fingerprint density at radius 2 is 1.86 bits per heavy atom. The largest absolute Gasteiger partial charge is 0.396 e. The second-order valence-electron chi connectivity index (χ2n) is 9.48. The molecular weight excluding hydrogens is 464 g/mol. The van der Waals surface area contributed by atoms with Gasteiger partial charge < -0.3 is 10.0 Å². The maximum atomic E-state index is 14.0. The van der Waals surface area contributed by atoms with Crippen molar-refractivity contribution in [2.24, 2.45) is 0 Å². The van der Waals surface area contributed by atoms with Crippen molar-refractivity contribution < 1.29 is 18.3 Å². The number of pyridine rings is 2. The fourth-order valence-electron chi connectivity index (χ4n) is 5.57. The number of fused-ring (bicyclic) bond motifs is 3. The molecule has 9 heteroatoms. The van der Waals surface area contributed by atoms with Crippen molar-refractivity contribution >= 4 is 32.4 Å². The molecule has 1 amide bonds. The van der Waals surface area contributed by atoms with Crippen LogP contribution in [0.25, 0.3) is 10.8 Å². The third-order valence-corrected chi connectivity index (χ3v) is 8.75. The SMILES string of the molecule is CS(=O)(=O)N1CCC2(CC1)C(=O)N(Cc1ncc3ccccc3c1CCCCO)c1cnccc12. The molecule has 1 aromatic carbocycles. The van der Waals surface area contributed by atoms with Crippen molar-refractivity contribution in [3.8, 4) is 0 Å². The number of unbranched alkanes of at least 4 members (excludes halogenated alkanes) is 1. The lowest BCUT2D eigenvalue weighted by Gasteiger charge is -2.37. The lowest BCUT2D eigenvalue weighted by atomic mass is 9.74. The van der Waals surface area contributed by atoms with Crippen molar-refractivity contribution in [3.05, 3.63) is 65.7 Å². The molecule has 5 rings (SSSR count). The third kappa shape index (κ3) is 4.22. The molecule has 1 saturated heterocycles. The standard InChI is InChI=1S/C26H30N4O4S/c1-35(33,34)29-13-10-26(11-14-29)22-9-12-27-17-24(22)30(25(26)32)18-23-21(8-4-5-15-31)20-7-3-2-6-19(20)16-28-23/h2-3,6-7,9,12,16-17,31H,4-5,8,10-11,13-15,18H2,1H3. The van der Waals surface area contributed by atoms with Gasteiger partial charge in [-0.3, -0.25) is 14.8 Å². The number of sulfonamides is 1. The van der Waals surface area contributed by atoms with Crippen molar-refractivity contribution in [2.45, 2.75) is 44.1 Å². The van der Waals surface area contributed by atoms with E-state index in [9.17, 15) is 18.3 Å². The number of hydrogen-bond donors (Lipinski definition) is 1. The highest BCUT2D eigenvalue weighted by Gasteiger charge is 2.53. The van der Waals surface area contributed by atoms with E-state index in [1.54, 1.807) is 17.3 Å². The quantitative estimate of drug-likeness (QED) is 0.507. The molecule has 2 aliphatic rings. The summed E-state index contributed by atoms with van der Waals surface area (Å²) in [6.07, 6.45) is 9.70. The van der Waals surface area contributed by atoms with Crippen LogP contribution < -0.4 is 4.90 Å². The highest BCUT2D eigenvalue weighted by molar-refractivity contribution is 7.88. The predicted molar refractivity (Wildman–Crippen MR) is 135 cm³/mol. The maximum absolute atomic E-state index is 14.0. The highest BCUT2D eigenvalue weighted by atomic mass is 32.2. The Morgan fingerprint density at radius 3 is 2.60 bits per heavy atom. The van der Waals surface area contributed by atoms with Gasteiger partial charge in [0.05, 0.1) is 35.8 Å². The molecule has 2 aromatic heterocycles. The van der Waals surface area contributed by atoms with Crippen LogP contribution in [0.5, 0.6) is 0 Å². The molecule has 0 aliphatic carbocycles. The average molecular weight is 495 g/mol. The minimum atomic E-state index is -3.30. The smallest absolute Gasteiger partial charge is 0.238 e. The molecule has 35 heavy (non-hydrogen) atoms. The van der Waals surface area contributed by atoms with Gasteiger partial charge >= 0.3 is 0 Å². The van der Waals surface area contributed by atoms with E-state index in [2.05, 4.69) is 11.1 Å². The summed E-state index contributed by atoms with van der Waals surface area (Å²) < 4.78 is 25.6. The van der Waals surface area contributed by atoms with Gasteiger partial charge in [0.25, 0.3) is 0 Å². The summed E-state index contributed by atoms with van der Waals surface area (Å²) in [5.41, 5.74) is 2.90. The summed E-state index contributed by atoms with van der Waals surface area (Å²) in [6.45, 7) is 1.11. The zero-order chi connectivity index (χ0) is 24.6. The highest BCUT2D eigenvalue weighted by Crippen LogP contribution is 2.48. The third-order valence-electron chi connectivity index (χ3n) is 7.44. The molecule has 184 valence electrons. The van der Waals surface area contributed by atoms with Gasteiger partial charge in [-0.2, -0.15) is 0 Å². The summed E-state index contributed by atoms with van der Waals surface area (Å²) in [5.74, 6) is -0.00934. The second-order valence-corrected chi connectivity index (χ2v) is 11.5. The van der Waals surface area contributed by atoms with Crippen molar-refractivity contribution in [1.29, 1.82) is 0 Å². The molecule has 0 unspecified atom stereocenters. The number of anilines is 1. The van der Waals surface area contributed by atoms with Crippen LogP contribution in [0.2, 0.25) is 0 Å². The van der Waals surface area contributed by atoms with Gasteiger partial charge in [0, 0.05) is 37.5 Å². The zero-order valence-corrected chi connectivity index (χ0v) is 20.7. The molecule has 0 saturated carbocycles. The number of aliphatic hydroxyl groups is 1. The van der Waals surface area contributed by atoms with Crippen LogP contribution in [0.4, 0.5) is 5.69 Å². The Labute approximate surface area is 205 Å². The fraction of sp³-hybridized carbons (Fsp3) is 0.423. The number of rotatable bonds is 7. The van der Waals surface area contributed by atoms with Crippen LogP contribution in [0.3, 0.4) is 0 Å². The summed E-state index contributed by atoms with van der Waals surface area (Å²) >= 11 is 0. The molecule has 4 heterocycles. The predicted octanol–water partition coefficient (Wildman–Crippen LogP) is 2.78. The van der Waals surface area contributed by atoms with Crippen LogP contribution in [0.1, 0.15) is 42.5 Å². The maximum Gasteiger partial charge on any atom is 0.238 e. The lowest BCUT2D eigenvalue weighted by Crippen LogP contribution is -2.49. The number of aliphatic hydroxyl groups excluding tert-OH is 1. The van der Waals surface area contributed by atoms with Crippen LogP contribution in [-0.2, 0) is 33.2 Å². The zero-order valence-electron chi connectivity index (χ0n) is 19.9. The van der Waals surface area contributed by atoms with Gasteiger partial charge in [-0.15, -0.1) is 0 Å². The molecule has 0 radical (unpaired) electrons. The molecule has 0 bridgehead atoms. The van der Waals surface area contributed by atoms with E-state index in [-0.39, 0.29) is 12.5 Å². The minimum absolute atomic E-state index is 0.00934. The average Bonchev–Trinajstić information content (AvgIpc) is 3.07. The topological polar surface area (TPSA) is 104 Å². The summed E-state index contributed by atoms with van der Waals surface area (Å²) in [6, 6.07) is 10.0. The van der Waals surface area contributed by atoms with Gasteiger partial charge in [-0.1, -0.05) is 24.3 Å². The van der Waals surface area contributed by atoms with E-state index in [0.29, 0.717) is 38.9 Å². The van der Waals surface area contributed by atoms with Crippen LogP contribution >= 0.6 is 0 Å². The van der Waals surface area contributed by atoms with Crippen LogP contribution in [-0.4, -0.2) is 59.7 Å². The van der Waals surface area contributed by atoms with Gasteiger partial charge in [0.15, 0.2) is 0 Å². The Hall–Kier alpha value is -2.88. The van der Waals surface area contributed by atoms with E-state index >= 15 is 0 Å². The minimum Gasteiger partial charge on any atom is -0.396 e. The normalized spacial score (nSPS) is 17.9. The molecule has 2 aliphatic heterocycles. The van der Waals surface area contributed by atoms with E-state index in [1.807, 2.05) is 30.5 Å². The number of aryl methyl sites for hydroxylation is 1. The van der Waals surface area contributed by atoms with Crippen LogP contribution in [0.15, 0.2) is 48.9 Å². The fourth-order valence-corrected chi connectivity index (χ4v) is 6.42. The van der Waals surface area contributed by atoms with E-state index in [4.69, 9.17) is 4.98 Å². The number of carbonyl (C=O) groups excluding carboxylic acids is 1. The molecular formula is C26H30N4O4S.